The van der Waals surface area contributed by atoms with Crippen molar-refractivity contribution in [3.63, 3.8) is 0 Å². The molecule has 1 aliphatic carbocycles. The van der Waals surface area contributed by atoms with E-state index in [-0.39, 0.29) is 16.8 Å². The van der Waals surface area contributed by atoms with E-state index in [1.54, 1.807) is 13.3 Å². The summed E-state index contributed by atoms with van der Waals surface area (Å²) in [5.41, 5.74) is -2.26. The molecule has 1 aliphatic heterocycles. The lowest BCUT2D eigenvalue weighted by atomic mass is 9.87. The highest BCUT2D eigenvalue weighted by atomic mass is 32.2. The molecule has 180 valence electrons. The topological polar surface area (TPSA) is 99.1 Å². The molecule has 2 aromatic rings. The Morgan fingerprint density at radius 3 is 2.94 bits per heavy atom. The maximum atomic E-state index is 14.9. The maximum Gasteiger partial charge on any atom is 0.145 e. The van der Waals surface area contributed by atoms with Crippen molar-refractivity contribution in [1.29, 1.82) is 0 Å². The van der Waals surface area contributed by atoms with E-state index < -0.39 is 28.0 Å². The first-order chi connectivity index (χ1) is 16.4. The molecule has 0 amide bonds. The fourth-order valence-electron chi connectivity index (χ4n) is 4.07. The van der Waals surface area contributed by atoms with Crippen LogP contribution in [0.4, 0.5) is 8.78 Å². The number of nitrogens with zero attached hydrogens (tertiary/aromatic N) is 6. The number of hydrogen-bond acceptors (Lipinski definition) is 9. The van der Waals surface area contributed by atoms with Crippen molar-refractivity contribution in [2.24, 2.45) is 9.55 Å². The summed E-state index contributed by atoms with van der Waals surface area (Å²) in [6.45, 7) is 1.72. The second-order valence-corrected chi connectivity index (χ2v) is 10.6. The Hall–Kier alpha value is -2.70. The highest BCUT2D eigenvalue weighted by molar-refractivity contribution is 8.16. The van der Waals surface area contributed by atoms with Gasteiger partial charge in [0, 0.05) is 41.5 Å². The first-order valence-electron chi connectivity index (χ1n) is 10.5. The molecule has 0 radical (unpaired) electrons. The van der Waals surface area contributed by atoms with E-state index in [2.05, 4.69) is 24.5 Å². The van der Waals surface area contributed by atoms with E-state index in [0.29, 0.717) is 12.8 Å². The molecule has 2 unspecified atom stereocenters. The van der Waals surface area contributed by atoms with Gasteiger partial charge in [0.2, 0.25) is 0 Å². The number of aliphatic hydroxyl groups is 1. The fraction of sp³-hybridized carbons (Fsp3) is 0.364. The first-order valence-corrected chi connectivity index (χ1v) is 12.3. The van der Waals surface area contributed by atoms with Crippen LogP contribution >= 0.6 is 23.7 Å². The van der Waals surface area contributed by atoms with E-state index in [1.807, 2.05) is 24.3 Å². The van der Waals surface area contributed by atoms with Gasteiger partial charge in [0.05, 0.1) is 12.1 Å². The van der Waals surface area contributed by atoms with Gasteiger partial charge >= 0.3 is 0 Å². The fourth-order valence-corrected chi connectivity index (χ4v) is 6.72. The van der Waals surface area contributed by atoms with Gasteiger partial charge in [-0.2, -0.15) is 5.10 Å². The van der Waals surface area contributed by atoms with Crippen molar-refractivity contribution < 1.29 is 19.1 Å². The van der Waals surface area contributed by atoms with Gasteiger partial charge in [-0.25, -0.2) is 22.8 Å². The molecule has 4 rings (SSSR count). The van der Waals surface area contributed by atoms with Gasteiger partial charge in [-0.3, -0.25) is 0 Å². The molecule has 0 saturated heterocycles. The second-order valence-electron chi connectivity index (χ2n) is 8.06. The van der Waals surface area contributed by atoms with Crippen LogP contribution in [0, 0.1) is 11.6 Å². The number of hydrogen-bond donors (Lipinski definition) is 2. The third-order valence-corrected chi connectivity index (χ3v) is 8.45. The minimum absolute atomic E-state index is 0.0255. The lowest BCUT2D eigenvalue weighted by Crippen LogP contribution is -2.50. The van der Waals surface area contributed by atoms with Gasteiger partial charge in [-0.15, -0.1) is 16.9 Å². The average Bonchev–Trinajstić information content (AvgIpc) is 3.50. The van der Waals surface area contributed by atoms with Crippen molar-refractivity contribution >= 4 is 36.3 Å². The van der Waals surface area contributed by atoms with Crippen molar-refractivity contribution in [3.8, 4) is 0 Å². The summed E-state index contributed by atoms with van der Waals surface area (Å²) in [6.07, 6.45) is 15.0. The van der Waals surface area contributed by atoms with E-state index in [0.717, 1.165) is 12.1 Å². The Morgan fingerprint density at radius 2 is 2.26 bits per heavy atom. The Labute approximate surface area is 204 Å². The van der Waals surface area contributed by atoms with Gasteiger partial charge in [-0.05, 0) is 19.4 Å². The number of rotatable bonds is 9. The van der Waals surface area contributed by atoms with Crippen LogP contribution in [0.5, 0.6) is 0 Å². The zero-order valence-electron chi connectivity index (χ0n) is 18.3. The van der Waals surface area contributed by atoms with E-state index in [1.165, 1.54) is 53.3 Å². The molecule has 2 heterocycles. The smallest absolute Gasteiger partial charge is 0.145 e. The predicted molar refractivity (Wildman–Crippen MR) is 130 cm³/mol. The van der Waals surface area contributed by atoms with Gasteiger partial charge < -0.3 is 15.2 Å². The van der Waals surface area contributed by atoms with Crippen LogP contribution in [0.25, 0.3) is 0 Å². The molecule has 2 N–H and O–H groups in total. The normalized spacial score (nSPS) is 24.7. The summed E-state index contributed by atoms with van der Waals surface area (Å²) < 4.78 is 34.0. The van der Waals surface area contributed by atoms with Crippen molar-refractivity contribution in [1.82, 2.24) is 19.7 Å². The number of allylic oxidation sites excluding steroid dienone is 2. The van der Waals surface area contributed by atoms with Crippen molar-refractivity contribution in [2.75, 3.05) is 0 Å². The third-order valence-electron chi connectivity index (χ3n) is 5.98. The molecule has 0 saturated carbocycles. The highest BCUT2D eigenvalue weighted by Crippen LogP contribution is 2.46. The molecule has 1 aromatic carbocycles. The summed E-state index contributed by atoms with van der Waals surface area (Å²) in [6, 6.07) is 3.16. The molecular weight excluding hydrogens is 482 g/mol. The monoisotopic (exact) mass is 506 g/mol. The lowest BCUT2D eigenvalue weighted by Gasteiger charge is -2.43. The molecule has 0 bridgehead atoms. The van der Waals surface area contributed by atoms with Crippen molar-refractivity contribution in [3.05, 3.63) is 72.4 Å². The number of oxime groups is 1. The van der Waals surface area contributed by atoms with E-state index in [4.69, 9.17) is 5.21 Å². The zero-order valence-corrected chi connectivity index (χ0v) is 19.9. The molecule has 0 spiro atoms. The Balaban J connectivity index is 1.63. The third kappa shape index (κ3) is 4.89. The standard InChI is InChI=1S/C22H24F2N6O2S2/c1-16(22(31,12-29-14-25-13-26-29)18-6-5-17(23)11-19(18)24)33-20-30(15-28-34-20)21(9-10-27-32)7-3-2-4-8-21/h2-7,10-11,13-16,20,31-32H,8-9,12H2,1H3/t16-,20?,21?,22-/m1/s1. The summed E-state index contributed by atoms with van der Waals surface area (Å²) in [5.74, 6) is -1.56. The Bertz CT molecular complexity index is 1110. The van der Waals surface area contributed by atoms with Crippen LogP contribution in [-0.2, 0) is 12.1 Å². The van der Waals surface area contributed by atoms with E-state index in [9.17, 15) is 13.9 Å². The minimum atomic E-state index is -1.73. The molecule has 8 nitrogen and oxygen atoms in total. The molecule has 34 heavy (non-hydrogen) atoms. The van der Waals surface area contributed by atoms with Crippen molar-refractivity contribution in [2.45, 2.75) is 47.4 Å². The first kappa shape index (κ1) is 24.4. The van der Waals surface area contributed by atoms with Crippen LogP contribution < -0.4 is 0 Å². The van der Waals surface area contributed by atoms with Crippen LogP contribution in [0.2, 0.25) is 0 Å². The second kappa shape index (κ2) is 10.3. The van der Waals surface area contributed by atoms with Gasteiger partial charge in [0.15, 0.2) is 0 Å². The molecular formula is C22H24F2N6O2S2. The number of halogens is 2. The number of benzene rings is 1. The predicted octanol–water partition coefficient (Wildman–Crippen LogP) is 3.95. The summed E-state index contributed by atoms with van der Waals surface area (Å²) in [5, 5.41) is 27.5. The molecule has 4 atom stereocenters. The maximum absolute atomic E-state index is 14.9. The molecule has 12 heteroatoms. The van der Waals surface area contributed by atoms with Gasteiger partial charge in [0.25, 0.3) is 0 Å². The molecule has 2 aliphatic rings. The largest absolute Gasteiger partial charge is 0.411 e. The van der Waals surface area contributed by atoms with Gasteiger partial charge in [0.1, 0.15) is 40.9 Å². The SMILES string of the molecule is C[C@@H](SC1SN=CN1C1(CC=NO)C=CC=CC1)[C@](O)(Cn1cncn1)c1ccc(F)cc1F. The zero-order chi connectivity index (χ0) is 24.2. The quantitative estimate of drug-likeness (QED) is 0.230. The van der Waals surface area contributed by atoms with Crippen LogP contribution in [0.1, 0.15) is 25.3 Å². The van der Waals surface area contributed by atoms with Crippen LogP contribution in [0.3, 0.4) is 0 Å². The molecule has 1 aromatic heterocycles. The summed E-state index contributed by atoms with van der Waals surface area (Å²) in [7, 11) is 0. The summed E-state index contributed by atoms with van der Waals surface area (Å²) >= 11 is 2.73. The average molecular weight is 507 g/mol. The molecule has 0 fully saturated rings. The lowest BCUT2D eigenvalue weighted by molar-refractivity contribution is 0.0131. The summed E-state index contributed by atoms with van der Waals surface area (Å²) in [4.78, 5) is 5.96. The minimum Gasteiger partial charge on any atom is -0.411 e. The Kier molecular flexibility index (Phi) is 7.39. The highest BCUT2D eigenvalue weighted by Gasteiger charge is 2.45. The van der Waals surface area contributed by atoms with Gasteiger partial charge in [-0.1, -0.05) is 30.4 Å². The van der Waals surface area contributed by atoms with E-state index >= 15 is 0 Å². The van der Waals surface area contributed by atoms with Crippen LogP contribution in [-0.4, -0.2) is 58.0 Å². The Morgan fingerprint density at radius 1 is 1.41 bits per heavy atom. The number of thioether (sulfide) groups is 1. The van der Waals surface area contributed by atoms with Crippen LogP contribution in [0.15, 0.2) is 64.7 Å². The number of aromatic nitrogens is 3.